The number of hydrogen-bond acceptors (Lipinski definition) is 3. The second-order valence-electron chi connectivity index (χ2n) is 5.75. The van der Waals surface area contributed by atoms with Crippen LogP contribution in [0.3, 0.4) is 0 Å². The van der Waals surface area contributed by atoms with Crippen LogP contribution in [0, 0.1) is 6.92 Å². The lowest BCUT2D eigenvalue weighted by molar-refractivity contribution is -0.138. The van der Waals surface area contributed by atoms with Crippen molar-refractivity contribution in [1.29, 1.82) is 0 Å². The van der Waals surface area contributed by atoms with Crippen molar-refractivity contribution in [3.05, 3.63) is 28.8 Å². The fraction of sp³-hybridized carbons (Fsp3) is 0.533. The summed E-state index contributed by atoms with van der Waals surface area (Å²) in [6.45, 7) is 8.16. The molecule has 0 amide bonds. The van der Waals surface area contributed by atoms with E-state index in [2.05, 4.69) is 20.8 Å². The first-order chi connectivity index (χ1) is 8.73. The summed E-state index contributed by atoms with van der Waals surface area (Å²) >= 11 is 0. The van der Waals surface area contributed by atoms with Crippen LogP contribution in [0.5, 0.6) is 5.75 Å². The first kappa shape index (κ1) is 15.5. The number of methoxy groups -OCH3 is 1. The van der Waals surface area contributed by atoms with Gasteiger partial charge >= 0.3 is 5.97 Å². The minimum Gasteiger partial charge on any atom is -0.496 e. The SMILES string of the molecule is COc1c(C(C)(C)C)ccc(C)c1C(CN)C(=O)O. The third kappa shape index (κ3) is 3.07. The fourth-order valence-corrected chi connectivity index (χ4v) is 2.28. The molecule has 0 spiro atoms. The molecule has 0 radical (unpaired) electrons. The van der Waals surface area contributed by atoms with Gasteiger partial charge in [0.25, 0.3) is 0 Å². The maximum Gasteiger partial charge on any atom is 0.312 e. The van der Waals surface area contributed by atoms with Crippen LogP contribution in [-0.2, 0) is 10.2 Å². The monoisotopic (exact) mass is 265 g/mol. The average Bonchev–Trinajstić information content (AvgIpc) is 2.29. The van der Waals surface area contributed by atoms with E-state index in [0.29, 0.717) is 11.3 Å². The molecule has 0 saturated heterocycles. The Hall–Kier alpha value is -1.55. The van der Waals surface area contributed by atoms with Crippen molar-refractivity contribution >= 4 is 5.97 Å². The third-order valence-corrected chi connectivity index (χ3v) is 3.31. The first-order valence-corrected chi connectivity index (χ1v) is 6.34. The van der Waals surface area contributed by atoms with Gasteiger partial charge in [-0.2, -0.15) is 0 Å². The number of aryl methyl sites for hydroxylation is 1. The van der Waals surface area contributed by atoms with Crippen LogP contribution in [0.4, 0.5) is 0 Å². The van der Waals surface area contributed by atoms with Crippen molar-refractivity contribution in [3.8, 4) is 5.75 Å². The van der Waals surface area contributed by atoms with Gasteiger partial charge in [-0.1, -0.05) is 32.9 Å². The van der Waals surface area contributed by atoms with E-state index in [1.165, 1.54) is 0 Å². The molecule has 0 aliphatic rings. The number of rotatable bonds is 4. The molecule has 4 nitrogen and oxygen atoms in total. The summed E-state index contributed by atoms with van der Waals surface area (Å²) < 4.78 is 5.50. The Morgan fingerprint density at radius 3 is 2.37 bits per heavy atom. The maximum absolute atomic E-state index is 11.4. The average molecular weight is 265 g/mol. The molecule has 0 saturated carbocycles. The Morgan fingerprint density at radius 1 is 1.42 bits per heavy atom. The molecule has 1 aromatic carbocycles. The Labute approximate surface area is 114 Å². The molecular formula is C15H23NO3. The van der Waals surface area contributed by atoms with E-state index >= 15 is 0 Å². The Bertz CT molecular complexity index is 475. The molecule has 1 rings (SSSR count). The molecule has 0 aliphatic carbocycles. The van der Waals surface area contributed by atoms with Gasteiger partial charge in [0.15, 0.2) is 0 Å². The van der Waals surface area contributed by atoms with Gasteiger partial charge in [-0.3, -0.25) is 4.79 Å². The molecule has 0 aromatic heterocycles. The van der Waals surface area contributed by atoms with E-state index in [-0.39, 0.29) is 12.0 Å². The van der Waals surface area contributed by atoms with Crippen molar-refractivity contribution in [2.75, 3.05) is 13.7 Å². The number of carboxylic acid groups (broad SMARTS) is 1. The van der Waals surface area contributed by atoms with Gasteiger partial charge in [0, 0.05) is 12.1 Å². The second-order valence-corrected chi connectivity index (χ2v) is 5.75. The van der Waals surface area contributed by atoms with Crippen molar-refractivity contribution in [2.24, 2.45) is 5.73 Å². The minimum atomic E-state index is -0.921. The highest BCUT2D eigenvalue weighted by molar-refractivity contribution is 5.78. The number of ether oxygens (including phenoxy) is 1. The summed E-state index contributed by atoms with van der Waals surface area (Å²) in [6, 6.07) is 3.93. The van der Waals surface area contributed by atoms with E-state index < -0.39 is 11.9 Å². The third-order valence-electron chi connectivity index (χ3n) is 3.31. The highest BCUT2D eigenvalue weighted by Crippen LogP contribution is 2.39. The summed E-state index contributed by atoms with van der Waals surface area (Å²) in [6.07, 6.45) is 0. The van der Waals surface area contributed by atoms with E-state index in [4.69, 9.17) is 10.5 Å². The number of carboxylic acids is 1. The topological polar surface area (TPSA) is 72.5 Å². The summed E-state index contributed by atoms with van der Waals surface area (Å²) in [7, 11) is 1.57. The molecule has 3 N–H and O–H groups in total. The lowest BCUT2D eigenvalue weighted by Crippen LogP contribution is -2.24. The van der Waals surface area contributed by atoms with E-state index in [9.17, 15) is 9.90 Å². The summed E-state index contributed by atoms with van der Waals surface area (Å²) in [4.78, 5) is 11.4. The molecule has 1 aromatic rings. The summed E-state index contributed by atoms with van der Waals surface area (Å²) in [5.41, 5.74) is 8.07. The van der Waals surface area contributed by atoms with Crippen molar-refractivity contribution in [2.45, 2.75) is 39.0 Å². The molecule has 0 bridgehead atoms. The zero-order chi connectivity index (χ0) is 14.8. The Kier molecular flexibility index (Phi) is 4.58. The molecular weight excluding hydrogens is 242 g/mol. The highest BCUT2D eigenvalue weighted by atomic mass is 16.5. The largest absolute Gasteiger partial charge is 0.496 e. The first-order valence-electron chi connectivity index (χ1n) is 6.34. The predicted molar refractivity (Wildman–Crippen MR) is 75.9 cm³/mol. The molecule has 19 heavy (non-hydrogen) atoms. The number of benzene rings is 1. The van der Waals surface area contributed by atoms with E-state index in [1.807, 2.05) is 19.1 Å². The number of carbonyl (C=O) groups is 1. The van der Waals surface area contributed by atoms with Gasteiger partial charge in [-0.25, -0.2) is 0 Å². The second kappa shape index (κ2) is 5.61. The predicted octanol–water partition coefficient (Wildman–Crippen LogP) is 2.43. The van der Waals surface area contributed by atoms with E-state index in [0.717, 1.165) is 11.1 Å². The fourth-order valence-electron chi connectivity index (χ4n) is 2.28. The van der Waals surface area contributed by atoms with Crippen molar-refractivity contribution in [3.63, 3.8) is 0 Å². The van der Waals surface area contributed by atoms with Crippen LogP contribution in [0.2, 0.25) is 0 Å². The molecule has 1 atom stereocenters. The molecule has 0 heterocycles. The number of aliphatic carboxylic acids is 1. The minimum absolute atomic E-state index is 0.0557. The molecule has 0 aliphatic heterocycles. The Balaban J connectivity index is 3.58. The standard InChI is InChI=1S/C15H23NO3/c1-9-6-7-11(15(2,3)4)13(19-5)12(9)10(8-16)14(17)18/h6-7,10H,8,16H2,1-5H3,(H,17,18). The molecule has 106 valence electrons. The van der Waals surface area contributed by atoms with Crippen LogP contribution in [-0.4, -0.2) is 24.7 Å². The quantitative estimate of drug-likeness (QED) is 0.877. The zero-order valence-electron chi connectivity index (χ0n) is 12.3. The van der Waals surface area contributed by atoms with Crippen LogP contribution in [0.15, 0.2) is 12.1 Å². The Morgan fingerprint density at radius 2 is 2.00 bits per heavy atom. The number of nitrogens with two attached hydrogens (primary N) is 1. The normalized spacial score (nSPS) is 13.2. The zero-order valence-corrected chi connectivity index (χ0v) is 12.3. The van der Waals surface area contributed by atoms with Gasteiger partial charge in [0.1, 0.15) is 5.75 Å². The maximum atomic E-state index is 11.4. The highest BCUT2D eigenvalue weighted by Gasteiger charge is 2.28. The van der Waals surface area contributed by atoms with Crippen LogP contribution < -0.4 is 10.5 Å². The van der Waals surface area contributed by atoms with Gasteiger partial charge in [0.05, 0.1) is 13.0 Å². The van der Waals surface area contributed by atoms with Gasteiger partial charge < -0.3 is 15.6 Å². The van der Waals surface area contributed by atoms with Crippen LogP contribution in [0.25, 0.3) is 0 Å². The smallest absolute Gasteiger partial charge is 0.312 e. The summed E-state index contributed by atoms with van der Waals surface area (Å²) in [5.74, 6) is -1.02. The van der Waals surface area contributed by atoms with Crippen LogP contribution >= 0.6 is 0 Å². The number of hydrogen-bond donors (Lipinski definition) is 2. The molecule has 1 unspecified atom stereocenters. The lowest BCUT2D eigenvalue weighted by Gasteiger charge is -2.26. The van der Waals surface area contributed by atoms with Crippen LogP contribution in [0.1, 0.15) is 43.4 Å². The lowest BCUT2D eigenvalue weighted by atomic mass is 9.81. The molecule has 0 fully saturated rings. The van der Waals surface area contributed by atoms with Crippen molar-refractivity contribution in [1.82, 2.24) is 0 Å². The van der Waals surface area contributed by atoms with Crippen molar-refractivity contribution < 1.29 is 14.6 Å². The summed E-state index contributed by atoms with van der Waals surface area (Å²) in [5, 5.41) is 9.33. The van der Waals surface area contributed by atoms with Gasteiger partial charge in [0.2, 0.25) is 0 Å². The van der Waals surface area contributed by atoms with Gasteiger partial charge in [-0.15, -0.1) is 0 Å². The van der Waals surface area contributed by atoms with Gasteiger partial charge in [-0.05, 0) is 23.5 Å². The van der Waals surface area contributed by atoms with E-state index in [1.54, 1.807) is 7.11 Å². The molecule has 4 heteroatoms.